The Balaban J connectivity index is 0.000000129. The van der Waals surface area contributed by atoms with E-state index in [0.29, 0.717) is 29.9 Å². The number of pyridine rings is 1. The third-order valence-electron chi connectivity index (χ3n) is 18.3. The van der Waals surface area contributed by atoms with Gasteiger partial charge in [0.2, 0.25) is 11.8 Å². The number of hydrogen-bond acceptors (Lipinski definition) is 25. The lowest BCUT2D eigenvalue weighted by molar-refractivity contribution is 0.122. The zero-order valence-corrected chi connectivity index (χ0v) is 54.4. The first-order chi connectivity index (χ1) is 46.8. The number of ether oxygens (including phenoxy) is 8. The van der Waals surface area contributed by atoms with Crippen LogP contribution in [-0.2, 0) is 14.2 Å². The maximum atomic E-state index is 6.51. The number of aryl methyl sites for hydroxylation is 1. The molecule has 95 heavy (non-hydrogen) atoms. The summed E-state index contributed by atoms with van der Waals surface area (Å²) >= 11 is 0. The SMILES string of the molecule is COc1ccc(NC2CCC(Oc3cc(N4CCOCC4)cc4nccnc34)CC2)nn1.COc1cnc(NC2CCC(Oc3cc(N4CCOCC4)cc4nccnc34)CC2)cn1.Cc1ccc(NC2CCC(Oc3cc(N4CCOCC4)cc4nccnc34)CC2)nc1. The fourth-order valence-electron chi connectivity index (χ4n) is 13.1. The highest BCUT2D eigenvalue weighted by atomic mass is 16.5. The molecule has 3 saturated heterocycles. The van der Waals surface area contributed by atoms with Crippen molar-refractivity contribution in [3.05, 3.63) is 122 Å². The third kappa shape index (κ3) is 17.2. The first-order valence-corrected chi connectivity index (χ1v) is 33.5. The molecule has 0 bridgehead atoms. The van der Waals surface area contributed by atoms with E-state index in [-0.39, 0.29) is 18.3 Å². The van der Waals surface area contributed by atoms with E-state index in [1.807, 2.05) is 18.3 Å². The number of fused-ring (bicyclic) bond motifs is 3. The van der Waals surface area contributed by atoms with Gasteiger partial charge in [-0.2, -0.15) is 0 Å². The molecule has 3 aromatic carbocycles. The molecular formula is C70H85N17O8. The molecule has 6 aliphatic rings. The number of nitrogens with zero attached hydrogens (tertiary/aromatic N) is 14. The van der Waals surface area contributed by atoms with E-state index in [9.17, 15) is 0 Å². The molecule has 15 rings (SSSR count). The molecular weight excluding hydrogens is 1210 g/mol. The summed E-state index contributed by atoms with van der Waals surface area (Å²) in [6, 6.07) is 21.7. The lowest BCUT2D eigenvalue weighted by Gasteiger charge is -2.31. The van der Waals surface area contributed by atoms with Crippen LogP contribution in [0.15, 0.2) is 116 Å². The fourth-order valence-corrected chi connectivity index (χ4v) is 13.1. The van der Waals surface area contributed by atoms with E-state index >= 15 is 0 Å². The van der Waals surface area contributed by atoms with Crippen molar-refractivity contribution in [2.75, 3.05) is 124 Å². The number of morpholine rings is 3. The van der Waals surface area contributed by atoms with Crippen molar-refractivity contribution in [1.82, 2.24) is 55.1 Å². The molecule has 0 spiro atoms. The molecule has 9 aromatic rings. The number of rotatable bonds is 17. The van der Waals surface area contributed by atoms with Gasteiger partial charge in [0.25, 0.3) is 0 Å². The van der Waals surface area contributed by atoms with Crippen LogP contribution in [0.3, 0.4) is 0 Å². The van der Waals surface area contributed by atoms with Crippen LogP contribution in [0.2, 0.25) is 0 Å². The third-order valence-corrected chi connectivity index (χ3v) is 18.3. The predicted molar refractivity (Wildman–Crippen MR) is 365 cm³/mol. The highest BCUT2D eigenvalue weighted by Gasteiger charge is 2.29. The summed E-state index contributed by atoms with van der Waals surface area (Å²) in [5.41, 5.74) is 9.61. The quantitative estimate of drug-likeness (QED) is 0.0765. The molecule has 9 heterocycles. The minimum Gasteiger partial charge on any atom is -0.488 e. The van der Waals surface area contributed by atoms with Crippen molar-refractivity contribution >= 4 is 67.6 Å². The lowest BCUT2D eigenvalue weighted by Crippen LogP contribution is -2.36. The van der Waals surface area contributed by atoms with Crippen molar-refractivity contribution in [3.63, 3.8) is 0 Å². The number of nitrogens with one attached hydrogen (secondary N) is 3. The molecule has 25 nitrogen and oxygen atoms in total. The van der Waals surface area contributed by atoms with Crippen LogP contribution in [0.25, 0.3) is 33.1 Å². The van der Waals surface area contributed by atoms with E-state index < -0.39 is 0 Å². The lowest BCUT2D eigenvalue weighted by atomic mass is 9.93. The van der Waals surface area contributed by atoms with E-state index in [2.05, 4.69) is 141 Å². The zero-order chi connectivity index (χ0) is 64.6. The number of benzene rings is 3. The number of hydrogen-bond donors (Lipinski definition) is 3. The zero-order valence-electron chi connectivity index (χ0n) is 54.4. The first kappa shape index (κ1) is 64.4. The number of aromatic nitrogens is 11. The van der Waals surface area contributed by atoms with E-state index in [1.165, 1.54) is 5.56 Å². The van der Waals surface area contributed by atoms with Crippen molar-refractivity contribution in [3.8, 4) is 29.0 Å². The van der Waals surface area contributed by atoms with Crippen molar-refractivity contribution in [2.24, 2.45) is 0 Å². The largest absolute Gasteiger partial charge is 0.488 e. The maximum Gasteiger partial charge on any atom is 0.233 e. The average Bonchev–Trinajstić information content (AvgIpc) is 0.977. The van der Waals surface area contributed by atoms with Crippen LogP contribution in [0.5, 0.6) is 29.0 Å². The molecule has 0 amide bonds. The van der Waals surface area contributed by atoms with E-state index in [4.69, 9.17) is 37.9 Å². The standard InChI is InChI=1S/C24H29N5O2.2C23H28N6O3/c1-17-2-7-23(27-16-17)28-18-3-5-20(6-4-18)31-22-15-19(29-10-12-30-13-11-29)14-21-24(22)26-9-8-25-21;1-30-22-15-26-21(14-27-22)28-16-2-4-18(5-3-16)32-20-13-17(29-8-10-31-11-9-29)12-19-23(20)25-7-6-24-19;1-30-22-7-6-21(27-28-22)26-16-2-4-18(5-3-16)32-20-15-17(29-10-12-31-13-11-29)14-19-23(20)25-9-8-24-19/h2,7-9,14-16,18,20H,3-6,10-13H2,1H3,(H,27,28);6-7,12-16,18H,2-5,8-11H2,1H3,(H,26,28);6-9,14-16,18H,2-5,10-13H2,1H3,(H,26,27). The molecule has 0 radical (unpaired) electrons. The molecule has 3 aliphatic carbocycles. The Hall–Kier alpha value is -9.33. The topological polar surface area (TPSA) is 261 Å². The van der Waals surface area contributed by atoms with Crippen LogP contribution in [0.1, 0.15) is 82.6 Å². The van der Waals surface area contributed by atoms with Gasteiger partial charge in [0.15, 0.2) is 0 Å². The van der Waals surface area contributed by atoms with Crippen molar-refractivity contribution in [1.29, 1.82) is 0 Å². The summed E-state index contributed by atoms with van der Waals surface area (Å²) in [5.74, 6) is 6.00. The van der Waals surface area contributed by atoms with Gasteiger partial charge in [0.1, 0.15) is 51.3 Å². The smallest absolute Gasteiger partial charge is 0.233 e. The minimum atomic E-state index is 0.153. The first-order valence-electron chi connectivity index (χ1n) is 33.5. The van der Waals surface area contributed by atoms with Gasteiger partial charge in [-0.3, -0.25) is 15.0 Å². The summed E-state index contributed by atoms with van der Waals surface area (Å²) < 4.78 is 46.2. The number of methoxy groups -OCH3 is 2. The Morgan fingerprint density at radius 2 is 0.747 bits per heavy atom. The molecule has 498 valence electrons. The summed E-state index contributed by atoms with van der Waals surface area (Å²) in [5, 5.41) is 18.7. The minimum absolute atomic E-state index is 0.153. The summed E-state index contributed by atoms with van der Waals surface area (Å²) in [7, 11) is 3.17. The molecule has 3 saturated carbocycles. The monoisotopic (exact) mass is 1290 g/mol. The highest BCUT2D eigenvalue weighted by molar-refractivity contribution is 5.87. The van der Waals surface area contributed by atoms with Gasteiger partial charge in [-0.1, -0.05) is 6.07 Å². The molecule has 25 heteroatoms. The van der Waals surface area contributed by atoms with Gasteiger partial charge in [0.05, 0.1) is 101 Å². The Kier molecular flexibility index (Phi) is 21.5. The van der Waals surface area contributed by atoms with Crippen molar-refractivity contribution in [2.45, 2.75) is 120 Å². The molecule has 6 fully saturated rings. The Labute approximate surface area is 553 Å². The van der Waals surface area contributed by atoms with Crippen LogP contribution in [-0.4, -0.2) is 185 Å². The normalized spacial score (nSPS) is 21.5. The van der Waals surface area contributed by atoms with E-state index in [1.54, 1.807) is 63.8 Å². The highest BCUT2D eigenvalue weighted by Crippen LogP contribution is 2.37. The molecule has 6 aromatic heterocycles. The molecule has 0 unspecified atom stereocenters. The summed E-state index contributed by atoms with van der Waals surface area (Å²) in [6.07, 6.45) is 28.1. The Morgan fingerprint density at radius 3 is 1.11 bits per heavy atom. The number of anilines is 6. The van der Waals surface area contributed by atoms with Gasteiger partial charge in [-0.25, -0.2) is 29.9 Å². The van der Waals surface area contributed by atoms with Crippen LogP contribution in [0, 0.1) is 6.92 Å². The van der Waals surface area contributed by atoms with Gasteiger partial charge >= 0.3 is 0 Å². The van der Waals surface area contributed by atoms with Gasteiger partial charge in [0, 0.05) is 142 Å². The Morgan fingerprint density at radius 1 is 0.368 bits per heavy atom. The van der Waals surface area contributed by atoms with Crippen LogP contribution >= 0.6 is 0 Å². The maximum absolute atomic E-state index is 6.51. The summed E-state index contributed by atoms with van der Waals surface area (Å²) in [4.78, 5) is 47.3. The second kappa shape index (κ2) is 31.7. The molecule has 3 N–H and O–H groups in total. The van der Waals surface area contributed by atoms with E-state index in [0.717, 1.165) is 241 Å². The van der Waals surface area contributed by atoms with Crippen LogP contribution in [0.4, 0.5) is 34.5 Å². The fraction of sp³-hybridized carbons (Fsp3) is 0.471. The van der Waals surface area contributed by atoms with Gasteiger partial charge in [-0.15, -0.1) is 10.2 Å². The summed E-state index contributed by atoms with van der Waals surface area (Å²) in [6.45, 7) is 11.8. The second-order valence-electron chi connectivity index (χ2n) is 24.7. The van der Waals surface area contributed by atoms with Crippen LogP contribution < -0.4 is 54.3 Å². The van der Waals surface area contributed by atoms with Gasteiger partial charge < -0.3 is 68.5 Å². The molecule has 3 aliphatic heterocycles. The predicted octanol–water partition coefficient (Wildman–Crippen LogP) is 10.1. The van der Waals surface area contributed by atoms with Gasteiger partial charge in [-0.05, 0) is 120 Å². The average molecular weight is 1290 g/mol. The van der Waals surface area contributed by atoms with Crippen molar-refractivity contribution < 1.29 is 37.9 Å². The molecule has 0 atom stereocenters. The Bertz CT molecular complexity index is 3710. The second-order valence-corrected chi connectivity index (χ2v) is 24.7.